The third kappa shape index (κ3) is 5.29. The first-order chi connectivity index (χ1) is 13.7. The predicted molar refractivity (Wildman–Crippen MR) is 104 cm³/mol. The zero-order valence-electron chi connectivity index (χ0n) is 15.0. The van der Waals surface area contributed by atoms with Gasteiger partial charge in [-0.3, -0.25) is 4.79 Å². The summed E-state index contributed by atoms with van der Waals surface area (Å²) in [6, 6.07) is 17.9. The molecule has 0 aliphatic rings. The molecule has 0 saturated carbocycles. The van der Waals surface area contributed by atoms with Crippen LogP contribution in [0, 0.1) is 0 Å². The van der Waals surface area contributed by atoms with Gasteiger partial charge in [0.05, 0.1) is 6.42 Å². The minimum Gasteiger partial charge on any atom is -0.488 e. The summed E-state index contributed by atoms with van der Waals surface area (Å²) in [5.74, 6) is -1.78. The van der Waals surface area contributed by atoms with Crippen LogP contribution in [0.4, 0.5) is 13.2 Å². The molecule has 29 heavy (non-hydrogen) atoms. The molecule has 0 unspecified atom stereocenters. The first-order valence-corrected chi connectivity index (χ1v) is 9.00. The second-order valence-corrected chi connectivity index (χ2v) is 6.80. The molecule has 0 aliphatic carbocycles. The maximum atomic E-state index is 13.8. The van der Waals surface area contributed by atoms with E-state index >= 15 is 0 Å². The molecule has 0 fully saturated rings. The van der Waals surface area contributed by atoms with Crippen LogP contribution in [0.15, 0.2) is 66.7 Å². The molecule has 0 aliphatic heterocycles. The van der Waals surface area contributed by atoms with Crippen molar-refractivity contribution in [3.8, 4) is 16.9 Å². The molecule has 3 nitrogen and oxygen atoms in total. The number of ether oxygens (including phenoxy) is 1. The molecule has 3 rings (SSSR count). The van der Waals surface area contributed by atoms with Gasteiger partial charge in [-0.1, -0.05) is 54.1 Å². The van der Waals surface area contributed by atoms with Crippen LogP contribution in [0.25, 0.3) is 11.1 Å². The summed E-state index contributed by atoms with van der Waals surface area (Å²) in [6.45, 7) is -0.144. The lowest BCUT2D eigenvalue weighted by Crippen LogP contribution is -2.15. The van der Waals surface area contributed by atoms with Crippen LogP contribution in [0.5, 0.6) is 5.75 Å². The molecule has 150 valence electrons. The highest BCUT2D eigenvalue weighted by atomic mass is 35.5. The Balaban J connectivity index is 2.10. The fraction of sp³-hybridized carbons (Fsp3) is 0.136. The van der Waals surface area contributed by atoms with Gasteiger partial charge >= 0.3 is 12.1 Å². The Morgan fingerprint density at radius 3 is 2.31 bits per heavy atom. The van der Waals surface area contributed by atoms with Crippen molar-refractivity contribution in [2.75, 3.05) is 0 Å². The van der Waals surface area contributed by atoms with Gasteiger partial charge in [-0.05, 0) is 46.5 Å². The number of aliphatic carboxylic acids is 1. The molecule has 0 radical (unpaired) electrons. The van der Waals surface area contributed by atoms with Crippen LogP contribution in [0.3, 0.4) is 0 Å². The van der Waals surface area contributed by atoms with E-state index < -0.39 is 29.9 Å². The number of rotatable bonds is 6. The van der Waals surface area contributed by atoms with Gasteiger partial charge in [-0.25, -0.2) is 0 Å². The quantitative estimate of drug-likeness (QED) is 0.514. The smallest absolute Gasteiger partial charge is 0.420 e. The summed E-state index contributed by atoms with van der Waals surface area (Å²) in [5, 5.41) is 9.56. The molecule has 0 aromatic heterocycles. The molecule has 0 spiro atoms. The zero-order valence-corrected chi connectivity index (χ0v) is 15.8. The average Bonchev–Trinajstić information content (AvgIpc) is 2.65. The van der Waals surface area contributed by atoms with Gasteiger partial charge in [0.1, 0.15) is 17.9 Å². The van der Waals surface area contributed by atoms with E-state index in [1.807, 2.05) is 0 Å². The van der Waals surface area contributed by atoms with Crippen LogP contribution < -0.4 is 4.74 Å². The average molecular weight is 421 g/mol. The fourth-order valence-electron chi connectivity index (χ4n) is 3.00. The minimum atomic E-state index is -4.77. The van der Waals surface area contributed by atoms with Crippen molar-refractivity contribution in [2.24, 2.45) is 0 Å². The maximum absolute atomic E-state index is 13.8. The van der Waals surface area contributed by atoms with E-state index in [4.69, 9.17) is 21.4 Å². The van der Waals surface area contributed by atoms with Crippen LogP contribution >= 0.6 is 11.6 Å². The number of carboxylic acids is 1. The van der Waals surface area contributed by atoms with Gasteiger partial charge in [-0.15, -0.1) is 0 Å². The number of alkyl halides is 3. The van der Waals surface area contributed by atoms with E-state index in [1.165, 1.54) is 12.1 Å². The van der Waals surface area contributed by atoms with Crippen LogP contribution in [0.2, 0.25) is 5.02 Å². The monoisotopic (exact) mass is 420 g/mol. The number of carbonyl (C=O) groups is 1. The second-order valence-electron chi connectivity index (χ2n) is 6.36. The summed E-state index contributed by atoms with van der Waals surface area (Å²) < 4.78 is 46.9. The summed E-state index contributed by atoms with van der Waals surface area (Å²) in [5.41, 5.74) is 0.251. The van der Waals surface area contributed by atoms with Gasteiger partial charge in [0, 0.05) is 5.02 Å². The lowest BCUT2D eigenvalue weighted by molar-refractivity contribution is -0.140. The highest BCUT2D eigenvalue weighted by molar-refractivity contribution is 6.30. The molecule has 3 aromatic rings. The molecule has 0 heterocycles. The summed E-state index contributed by atoms with van der Waals surface area (Å²) in [7, 11) is 0. The Morgan fingerprint density at radius 1 is 0.966 bits per heavy atom. The molecular formula is C22H16ClF3O3. The van der Waals surface area contributed by atoms with Crippen molar-refractivity contribution < 1.29 is 27.8 Å². The summed E-state index contributed by atoms with van der Waals surface area (Å²) >= 11 is 5.92. The molecule has 7 heteroatoms. The fourth-order valence-corrected chi connectivity index (χ4v) is 3.21. The third-order valence-electron chi connectivity index (χ3n) is 4.20. The van der Waals surface area contributed by atoms with Crippen molar-refractivity contribution in [1.82, 2.24) is 0 Å². The Kier molecular flexibility index (Phi) is 6.13. The second kappa shape index (κ2) is 8.57. The first kappa shape index (κ1) is 20.7. The van der Waals surface area contributed by atoms with E-state index in [1.54, 1.807) is 54.6 Å². The minimum absolute atomic E-state index is 0.144. The Labute approximate surface area is 170 Å². The molecular weight excluding hydrogens is 405 g/mol. The van der Waals surface area contributed by atoms with Crippen molar-refractivity contribution in [3.63, 3.8) is 0 Å². The molecule has 0 amide bonds. The normalized spacial score (nSPS) is 11.3. The van der Waals surface area contributed by atoms with Gasteiger partial charge < -0.3 is 9.84 Å². The molecule has 1 N–H and O–H groups in total. The number of hydrogen-bond donors (Lipinski definition) is 1. The van der Waals surface area contributed by atoms with Crippen LogP contribution in [-0.2, 0) is 24.0 Å². The van der Waals surface area contributed by atoms with Crippen LogP contribution in [0.1, 0.15) is 16.7 Å². The first-order valence-electron chi connectivity index (χ1n) is 8.62. The molecule has 0 atom stereocenters. The van der Waals surface area contributed by atoms with Crippen LogP contribution in [-0.4, -0.2) is 11.1 Å². The van der Waals surface area contributed by atoms with Gasteiger partial charge in [0.15, 0.2) is 0 Å². The lowest BCUT2D eigenvalue weighted by Gasteiger charge is -2.19. The predicted octanol–water partition coefficient (Wildman–Crippen LogP) is 6.23. The third-order valence-corrected chi connectivity index (χ3v) is 4.43. The molecule has 0 bridgehead atoms. The lowest BCUT2D eigenvalue weighted by atomic mass is 9.96. The standard InChI is InChI=1S/C22H16ClF3O3/c23-18-8-4-5-14(9-18)13-29-19-11-16(15-6-2-1-3-7-15)10-17(12-20(27)28)21(19)22(24,25)26/h1-11H,12-13H2,(H,27,28). The number of halogens is 4. The SMILES string of the molecule is O=C(O)Cc1cc(-c2ccccc2)cc(OCc2cccc(Cl)c2)c1C(F)(F)F. The van der Waals surface area contributed by atoms with Gasteiger partial charge in [0.2, 0.25) is 0 Å². The topological polar surface area (TPSA) is 46.5 Å². The largest absolute Gasteiger partial charge is 0.488 e. The van der Waals surface area contributed by atoms with Gasteiger partial charge in [0.25, 0.3) is 0 Å². The van der Waals surface area contributed by atoms with E-state index in [0.29, 0.717) is 21.7 Å². The van der Waals surface area contributed by atoms with E-state index in [9.17, 15) is 18.0 Å². The summed E-state index contributed by atoms with van der Waals surface area (Å²) in [4.78, 5) is 11.2. The van der Waals surface area contributed by atoms with Crippen molar-refractivity contribution in [1.29, 1.82) is 0 Å². The zero-order chi connectivity index (χ0) is 21.0. The van der Waals surface area contributed by atoms with E-state index in [2.05, 4.69) is 0 Å². The summed E-state index contributed by atoms with van der Waals surface area (Å²) in [6.07, 6.45) is -5.55. The van der Waals surface area contributed by atoms with Gasteiger partial charge in [-0.2, -0.15) is 13.2 Å². The van der Waals surface area contributed by atoms with Crippen molar-refractivity contribution in [2.45, 2.75) is 19.2 Å². The molecule has 3 aromatic carbocycles. The Bertz CT molecular complexity index is 1020. The Morgan fingerprint density at radius 2 is 1.69 bits per heavy atom. The highest BCUT2D eigenvalue weighted by Gasteiger charge is 2.38. The van der Waals surface area contributed by atoms with Crippen molar-refractivity contribution in [3.05, 3.63) is 88.4 Å². The van der Waals surface area contributed by atoms with E-state index in [-0.39, 0.29) is 12.2 Å². The Hall–Kier alpha value is -2.99. The highest BCUT2D eigenvalue weighted by Crippen LogP contribution is 2.42. The number of carboxylic acid groups (broad SMARTS) is 1. The maximum Gasteiger partial charge on any atom is 0.420 e. The number of hydrogen-bond acceptors (Lipinski definition) is 2. The molecule has 0 saturated heterocycles. The van der Waals surface area contributed by atoms with E-state index in [0.717, 1.165) is 0 Å². The number of benzene rings is 3. The van der Waals surface area contributed by atoms with Crippen molar-refractivity contribution >= 4 is 17.6 Å².